The molecule has 0 saturated carbocycles. The number of H-pyrrole nitrogens is 1. The number of imidazole rings is 1. The van der Waals surface area contributed by atoms with Gasteiger partial charge in [-0.3, -0.25) is 9.59 Å². The fourth-order valence-corrected chi connectivity index (χ4v) is 3.46. The molecule has 1 saturated heterocycles. The number of anilines is 1. The second-order valence-electron chi connectivity index (χ2n) is 6.40. The summed E-state index contributed by atoms with van der Waals surface area (Å²) in [5.41, 5.74) is 2.45. The van der Waals surface area contributed by atoms with E-state index in [4.69, 9.17) is 0 Å². The molecule has 0 spiro atoms. The van der Waals surface area contributed by atoms with E-state index in [1.165, 1.54) is 0 Å². The number of aryl methyl sites for hydroxylation is 1. The monoisotopic (exact) mass is 405 g/mol. The molecule has 152 valence electrons. The maximum absolute atomic E-state index is 12.4. The topological polar surface area (TPSA) is 98.4 Å². The highest BCUT2D eigenvalue weighted by atomic mass is 32.2. The average Bonchev–Trinajstić information content (AvgIpc) is 3.20. The third kappa shape index (κ3) is 6.80. The minimum absolute atomic E-state index is 0.0354. The number of aromatic amines is 1. The molecule has 1 atom stereocenters. The Bertz CT molecular complexity index is 756. The summed E-state index contributed by atoms with van der Waals surface area (Å²) in [5.74, 6) is 0.564. The smallest absolute Gasteiger partial charge is 0.253 e. The highest BCUT2D eigenvalue weighted by molar-refractivity contribution is 7.86. The third-order valence-corrected chi connectivity index (χ3v) is 5.38. The average molecular weight is 406 g/mol. The zero-order valence-electron chi connectivity index (χ0n) is 16.3. The maximum atomic E-state index is 12.4. The normalized spacial score (nSPS) is 14.6. The van der Waals surface area contributed by atoms with E-state index in [0.29, 0.717) is 37.5 Å². The SMILES string of the molecule is CCCS(=O)Nc1ccc(C(=O)N2CCN(C=O)CC2)cc1.Cc1cnc[nH]1. The Hall–Kier alpha value is -2.68. The Kier molecular flexibility index (Phi) is 8.67. The second kappa shape index (κ2) is 11.2. The fourth-order valence-electron chi connectivity index (χ4n) is 2.59. The summed E-state index contributed by atoms with van der Waals surface area (Å²) in [6, 6.07) is 7.00. The van der Waals surface area contributed by atoms with Gasteiger partial charge in [0.1, 0.15) is 11.0 Å². The molecule has 1 aromatic heterocycles. The summed E-state index contributed by atoms with van der Waals surface area (Å²) in [4.78, 5) is 33.1. The summed E-state index contributed by atoms with van der Waals surface area (Å²) in [6.45, 7) is 6.20. The fraction of sp³-hybridized carbons (Fsp3) is 0.421. The van der Waals surface area contributed by atoms with E-state index >= 15 is 0 Å². The van der Waals surface area contributed by atoms with Crippen molar-refractivity contribution in [3.8, 4) is 0 Å². The lowest BCUT2D eigenvalue weighted by atomic mass is 10.1. The molecule has 1 unspecified atom stereocenters. The summed E-state index contributed by atoms with van der Waals surface area (Å²) >= 11 is 0. The molecule has 28 heavy (non-hydrogen) atoms. The highest BCUT2D eigenvalue weighted by Crippen LogP contribution is 2.13. The van der Waals surface area contributed by atoms with Gasteiger partial charge in [0, 0.05) is 55.1 Å². The van der Waals surface area contributed by atoms with Crippen molar-refractivity contribution in [3.05, 3.63) is 48.0 Å². The van der Waals surface area contributed by atoms with E-state index in [9.17, 15) is 13.8 Å². The molecule has 3 rings (SSSR count). The number of amides is 2. The van der Waals surface area contributed by atoms with Gasteiger partial charge >= 0.3 is 0 Å². The zero-order chi connectivity index (χ0) is 20.4. The number of nitrogens with one attached hydrogen (secondary N) is 2. The van der Waals surface area contributed by atoms with E-state index in [0.717, 1.165) is 24.2 Å². The minimum Gasteiger partial charge on any atom is -0.349 e. The number of aromatic nitrogens is 2. The number of nitrogens with zero attached hydrogens (tertiary/aromatic N) is 3. The number of piperazine rings is 1. The van der Waals surface area contributed by atoms with Crippen LogP contribution in [0.25, 0.3) is 0 Å². The van der Waals surface area contributed by atoms with Gasteiger partial charge in [-0.25, -0.2) is 9.19 Å². The zero-order valence-corrected chi connectivity index (χ0v) is 17.1. The summed E-state index contributed by atoms with van der Waals surface area (Å²) < 4.78 is 14.5. The van der Waals surface area contributed by atoms with Crippen molar-refractivity contribution in [2.24, 2.45) is 0 Å². The molecule has 1 fully saturated rings. The van der Waals surface area contributed by atoms with Gasteiger partial charge in [0.25, 0.3) is 5.91 Å². The number of benzene rings is 1. The van der Waals surface area contributed by atoms with Crippen LogP contribution in [-0.4, -0.2) is 68.2 Å². The van der Waals surface area contributed by atoms with Gasteiger partial charge in [0.2, 0.25) is 6.41 Å². The van der Waals surface area contributed by atoms with E-state index in [1.54, 1.807) is 46.6 Å². The lowest BCUT2D eigenvalue weighted by Crippen LogP contribution is -2.48. The van der Waals surface area contributed by atoms with Crippen molar-refractivity contribution in [2.75, 3.05) is 36.7 Å². The van der Waals surface area contributed by atoms with Crippen LogP contribution in [0.4, 0.5) is 5.69 Å². The first kappa shape index (κ1) is 21.6. The first-order valence-electron chi connectivity index (χ1n) is 9.22. The Balaban J connectivity index is 0.000000397. The first-order valence-corrected chi connectivity index (χ1v) is 10.5. The van der Waals surface area contributed by atoms with Crippen LogP contribution in [0.2, 0.25) is 0 Å². The number of hydrogen-bond donors (Lipinski definition) is 2. The lowest BCUT2D eigenvalue weighted by Gasteiger charge is -2.32. The molecule has 1 aliphatic heterocycles. The number of hydrogen-bond acceptors (Lipinski definition) is 4. The van der Waals surface area contributed by atoms with Crippen LogP contribution in [0.15, 0.2) is 36.8 Å². The van der Waals surface area contributed by atoms with Crippen molar-refractivity contribution >= 4 is 29.0 Å². The standard InChI is InChI=1S/C15H21N3O3S.C4H6N2/c1-2-11-22(21)16-14-5-3-13(4-6-14)15(20)18-9-7-17(12-19)8-10-18;1-4-2-5-3-6-4/h3-6,12,16H,2,7-11H2,1H3;2-3H,1H3,(H,5,6). The number of carbonyl (C=O) groups excluding carboxylic acids is 2. The van der Waals surface area contributed by atoms with Crippen LogP contribution >= 0.6 is 0 Å². The van der Waals surface area contributed by atoms with Crippen molar-refractivity contribution in [1.82, 2.24) is 19.8 Å². The molecule has 0 bridgehead atoms. The molecule has 1 aliphatic rings. The highest BCUT2D eigenvalue weighted by Gasteiger charge is 2.21. The van der Waals surface area contributed by atoms with Gasteiger partial charge in [0.05, 0.1) is 6.33 Å². The van der Waals surface area contributed by atoms with Crippen molar-refractivity contribution in [1.29, 1.82) is 0 Å². The van der Waals surface area contributed by atoms with Crippen LogP contribution in [0.3, 0.4) is 0 Å². The Morgan fingerprint density at radius 3 is 2.39 bits per heavy atom. The molecule has 9 heteroatoms. The molecular formula is C19H27N5O3S. The Morgan fingerprint density at radius 1 is 1.25 bits per heavy atom. The second-order valence-corrected chi connectivity index (χ2v) is 7.70. The molecule has 2 heterocycles. The van der Waals surface area contributed by atoms with Crippen LogP contribution < -0.4 is 4.72 Å². The van der Waals surface area contributed by atoms with Gasteiger partial charge in [0.15, 0.2) is 0 Å². The van der Waals surface area contributed by atoms with Crippen LogP contribution in [0, 0.1) is 6.92 Å². The Labute approximate surface area is 167 Å². The molecule has 2 amide bonds. The minimum atomic E-state index is -1.08. The predicted octanol–water partition coefficient (Wildman–Crippen LogP) is 1.80. The van der Waals surface area contributed by atoms with Crippen LogP contribution in [-0.2, 0) is 15.8 Å². The quantitative estimate of drug-likeness (QED) is 0.716. The predicted molar refractivity (Wildman–Crippen MR) is 110 cm³/mol. The van der Waals surface area contributed by atoms with E-state index in [-0.39, 0.29) is 5.91 Å². The molecule has 8 nitrogen and oxygen atoms in total. The van der Waals surface area contributed by atoms with Crippen molar-refractivity contribution < 1.29 is 13.8 Å². The molecule has 0 radical (unpaired) electrons. The van der Waals surface area contributed by atoms with Crippen LogP contribution in [0.1, 0.15) is 29.4 Å². The van der Waals surface area contributed by atoms with E-state index < -0.39 is 11.0 Å². The van der Waals surface area contributed by atoms with Gasteiger partial charge in [-0.05, 0) is 37.6 Å². The van der Waals surface area contributed by atoms with E-state index in [1.807, 2.05) is 13.8 Å². The number of carbonyl (C=O) groups is 2. The van der Waals surface area contributed by atoms with Gasteiger partial charge in [-0.15, -0.1) is 0 Å². The van der Waals surface area contributed by atoms with Gasteiger partial charge < -0.3 is 19.5 Å². The van der Waals surface area contributed by atoms with Gasteiger partial charge in [-0.2, -0.15) is 0 Å². The molecule has 1 aromatic carbocycles. The summed E-state index contributed by atoms with van der Waals surface area (Å²) in [6.07, 6.45) is 5.11. The Morgan fingerprint density at radius 2 is 1.93 bits per heavy atom. The largest absolute Gasteiger partial charge is 0.349 e. The van der Waals surface area contributed by atoms with Crippen molar-refractivity contribution in [2.45, 2.75) is 20.3 Å². The summed E-state index contributed by atoms with van der Waals surface area (Å²) in [5, 5.41) is 0. The molecule has 2 aromatic rings. The van der Waals surface area contributed by atoms with Crippen LogP contribution in [0.5, 0.6) is 0 Å². The number of rotatable bonds is 6. The first-order chi connectivity index (χ1) is 13.5. The van der Waals surface area contributed by atoms with Crippen molar-refractivity contribution in [3.63, 3.8) is 0 Å². The lowest BCUT2D eigenvalue weighted by molar-refractivity contribution is -0.119. The molecule has 2 N–H and O–H groups in total. The van der Waals surface area contributed by atoms with E-state index in [2.05, 4.69) is 14.7 Å². The summed E-state index contributed by atoms with van der Waals surface area (Å²) in [7, 11) is -1.08. The molecule has 0 aliphatic carbocycles. The third-order valence-electron chi connectivity index (χ3n) is 4.14. The molecular weight excluding hydrogens is 378 g/mol. The maximum Gasteiger partial charge on any atom is 0.253 e. The van der Waals surface area contributed by atoms with Gasteiger partial charge in [-0.1, -0.05) is 6.92 Å².